The Morgan fingerprint density at radius 3 is 2.32 bits per heavy atom. The van der Waals surface area contributed by atoms with Gasteiger partial charge in [0.05, 0.1) is 20.5 Å². The summed E-state index contributed by atoms with van der Waals surface area (Å²) in [6.45, 7) is 5.15. The van der Waals surface area contributed by atoms with Gasteiger partial charge in [0.15, 0.2) is 0 Å². The molecule has 0 radical (unpaired) electrons. The first kappa shape index (κ1) is 27.9. The van der Waals surface area contributed by atoms with Gasteiger partial charge in [0, 0.05) is 29.4 Å². The lowest BCUT2D eigenvalue weighted by molar-refractivity contribution is 0.0947. The van der Waals surface area contributed by atoms with E-state index in [0.717, 1.165) is 12.0 Å². The Balaban J connectivity index is 1.65. The number of halogens is 3. The molecular formula is C27H27Cl2FN2O3S2. The minimum atomic E-state index is -3.79. The molecule has 10 heteroatoms. The molecule has 1 saturated heterocycles. The molecule has 1 aliphatic heterocycles. The Labute approximate surface area is 231 Å². The maximum Gasteiger partial charge on any atom is 0.252 e. The molecular weight excluding hydrogens is 554 g/mol. The number of hydrogen-bond donors (Lipinski definition) is 1. The van der Waals surface area contributed by atoms with Crippen molar-refractivity contribution in [1.82, 2.24) is 9.62 Å². The van der Waals surface area contributed by atoms with E-state index in [-0.39, 0.29) is 34.7 Å². The van der Waals surface area contributed by atoms with E-state index < -0.39 is 15.9 Å². The van der Waals surface area contributed by atoms with Crippen molar-refractivity contribution in [2.45, 2.75) is 41.5 Å². The summed E-state index contributed by atoms with van der Waals surface area (Å²) in [7, 11) is -3.79. The van der Waals surface area contributed by atoms with Crippen molar-refractivity contribution in [2.75, 3.05) is 13.1 Å². The number of piperidine rings is 1. The van der Waals surface area contributed by atoms with Gasteiger partial charge in [-0.05, 0) is 78.4 Å². The van der Waals surface area contributed by atoms with Crippen LogP contribution in [0.1, 0.15) is 36.2 Å². The summed E-state index contributed by atoms with van der Waals surface area (Å²) < 4.78 is 42.0. The van der Waals surface area contributed by atoms with E-state index in [9.17, 15) is 17.6 Å². The number of nitrogens with one attached hydrogen (secondary N) is 1. The quantitative estimate of drug-likeness (QED) is 0.331. The van der Waals surface area contributed by atoms with E-state index >= 15 is 0 Å². The van der Waals surface area contributed by atoms with Gasteiger partial charge in [0.2, 0.25) is 10.0 Å². The standard InChI is InChI=1S/C27H27Cl2FN2O3S2/c1-17-11-18(2)16-32(15-17)37(34,35)22-8-10-26(36-21-6-4-20(30)5-7-21)23(13-22)27(33)31-14-19-3-9-24(28)25(29)12-19/h3-10,12-13,17-18H,11,14-16H2,1-2H3,(H,31,33). The van der Waals surface area contributed by atoms with E-state index in [1.807, 2.05) is 13.8 Å². The van der Waals surface area contributed by atoms with Crippen LogP contribution in [0.4, 0.5) is 4.39 Å². The molecule has 1 heterocycles. The normalized spacial score (nSPS) is 18.5. The number of sulfonamides is 1. The molecule has 37 heavy (non-hydrogen) atoms. The van der Waals surface area contributed by atoms with Crippen LogP contribution in [0.3, 0.4) is 0 Å². The summed E-state index contributed by atoms with van der Waals surface area (Å²) in [5, 5.41) is 3.63. The first-order valence-electron chi connectivity index (χ1n) is 11.8. The van der Waals surface area contributed by atoms with Crippen LogP contribution < -0.4 is 5.32 Å². The zero-order chi connectivity index (χ0) is 26.7. The van der Waals surface area contributed by atoms with Crippen molar-refractivity contribution in [1.29, 1.82) is 0 Å². The third-order valence-electron chi connectivity index (χ3n) is 6.15. The SMILES string of the molecule is CC1CC(C)CN(S(=O)(=O)c2ccc(Sc3ccc(F)cc3)c(C(=O)NCc3ccc(Cl)c(Cl)c3)c2)C1. The molecule has 1 amide bonds. The topological polar surface area (TPSA) is 66.5 Å². The van der Waals surface area contributed by atoms with E-state index in [4.69, 9.17) is 23.2 Å². The summed E-state index contributed by atoms with van der Waals surface area (Å²) in [6, 6.07) is 15.5. The highest BCUT2D eigenvalue weighted by molar-refractivity contribution is 7.99. The van der Waals surface area contributed by atoms with Gasteiger partial charge in [-0.2, -0.15) is 4.31 Å². The smallest absolute Gasteiger partial charge is 0.252 e. The van der Waals surface area contributed by atoms with Crippen LogP contribution in [0.25, 0.3) is 0 Å². The Morgan fingerprint density at radius 1 is 1.00 bits per heavy atom. The minimum absolute atomic E-state index is 0.0666. The second-order valence-electron chi connectivity index (χ2n) is 9.41. The third-order valence-corrected chi connectivity index (χ3v) is 9.80. The summed E-state index contributed by atoms with van der Waals surface area (Å²) >= 11 is 13.3. The number of amides is 1. The summed E-state index contributed by atoms with van der Waals surface area (Å²) in [4.78, 5) is 14.7. The maximum atomic E-state index is 13.5. The van der Waals surface area contributed by atoms with Gasteiger partial charge in [-0.25, -0.2) is 12.8 Å². The van der Waals surface area contributed by atoms with Crippen LogP contribution in [0.5, 0.6) is 0 Å². The van der Waals surface area contributed by atoms with E-state index in [0.29, 0.717) is 32.9 Å². The summed E-state index contributed by atoms with van der Waals surface area (Å²) in [5.41, 5.74) is 0.962. The van der Waals surface area contributed by atoms with Gasteiger partial charge in [0.1, 0.15) is 5.82 Å². The maximum absolute atomic E-state index is 13.5. The van der Waals surface area contributed by atoms with Crippen LogP contribution in [0, 0.1) is 17.7 Å². The Morgan fingerprint density at radius 2 is 1.68 bits per heavy atom. The van der Waals surface area contributed by atoms with E-state index in [1.165, 1.54) is 40.3 Å². The summed E-state index contributed by atoms with van der Waals surface area (Å²) in [6.07, 6.45) is 0.974. The predicted molar refractivity (Wildman–Crippen MR) is 146 cm³/mol. The lowest BCUT2D eigenvalue weighted by Crippen LogP contribution is -2.42. The zero-order valence-corrected chi connectivity index (χ0v) is 23.5. The van der Waals surface area contributed by atoms with Crippen LogP contribution >= 0.6 is 35.0 Å². The second kappa shape index (κ2) is 11.7. The van der Waals surface area contributed by atoms with Crippen molar-refractivity contribution in [3.63, 3.8) is 0 Å². The highest BCUT2D eigenvalue weighted by atomic mass is 35.5. The number of carbonyl (C=O) groups is 1. The van der Waals surface area contributed by atoms with Crippen LogP contribution in [-0.2, 0) is 16.6 Å². The Kier molecular flexibility index (Phi) is 8.86. The number of nitrogens with zero attached hydrogens (tertiary/aromatic N) is 1. The molecule has 1 N–H and O–H groups in total. The second-order valence-corrected chi connectivity index (χ2v) is 13.3. The first-order chi connectivity index (χ1) is 17.5. The number of rotatable bonds is 7. The summed E-state index contributed by atoms with van der Waals surface area (Å²) in [5.74, 6) is -0.301. The molecule has 3 aromatic rings. The monoisotopic (exact) mass is 580 g/mol. The molecule has 5 nitrogen and oxygen atoms in total. The van der Waals surface area contributed by atoms with Gasteiger partial charge < -0.3 is 5.32 Å². The van der Waals surface area contributed by atoms with Crippen LogP contribution in [0.2, 0.25) is 10.0 Å². The average Bonchev–Trinajstić information content (AvgIpc) is 2.85. The number of benzene rings is 3. The molecule has 1 fully saturated rings. The van der Waals surface area contributed by atoms with Crippen molar-refractivity contribution < 1.29 is 17.6 Å². The lowest BCUT2D eigenvalue weighted by atomic mass is 9.94. The predicted octanol–water partition coefficient (Wildman–Crippen LogP) is 6.88. The van der Waals surface area contributed by atoms with Crippen molar-refractivity contribution >= 4 is 50.9 Å². The van der Waals surface area contributed by atoms with Crippen molar-refractivity contribution in [3.8, 4) is 0 Å². The minimum Gasteiger partial charge on any atom is -0.348 e. The number of carbonyl (C=O) groups excluding carboxylic acids is 1. The Bertz CT molecular complexity index is 1390. The molecule has 3 aromatic carbocycles. The fourth-order valence-electron chi connectivity index (χ4n) is 4.44. The molecule has 2 atom stereocenters. The third kappa shape index (κ3) is 6.86. The molecule has 0 bridgehead atoms. The number of hydrogen-bond acceptors (Lipinski definition) is 4. The molecule has 0 aromatic heterocycles. The Hall–Kier alpha value is -2.10. The van der Waals surface area contributed by atoms with Gasteiger partial charge in [-0.15, -0.1) is 0 Å². The van der Waals surface area contributed by atoms with Crippen molar-refractivity contribution in [3.05, 3.63) is 87.7 Å². The molecule has 4 rings (SSSR count). The largest absolute Gasteiger partial charge is 0.348 e. The fraction of sp³-hybridized carbons (Fsp3) is 0.296. The first-order valence-corrected chi connectivity index (χ1v) is 14.8. The molecule has 2 unspecified atom stereocenters. The molecule has 0 aliphatic carbocycles. The van der Waals surface area contributed by atoms with Gasteiger partial charge in [-0.3, -0.25) is 4.79 Å². The van der Waals surface area contributed by atoms with Crippen molar-refractivity contribution in [2.24, 2.45) is 11.8 Å². The highest BCUT2D eigenvalue weighted by Crippen LogP contribution is 2.34. The fourth-order valence-corrected chi connectivity index (χ4v) is 7.39. The molecule has 1 aliphatic rings. The van der Waals surface area contributed by atoms with Crippen LogP contribution in [-0.4, -0.2) is 31.7 Å². The van der Waals surface area contributed by atoms with E-state index in [1.54, 1.807) is 36.4 Å². The molecule has 0 saturated carbocycles. The van der Waals surface area contributed by atoms with Gasteiger partial charge >= 0.3 is 0 Å². The van der Waals surface area contributed by atoms with E-state index in [2.05, 4.69) is 5.32 Å². The highest BCUT2D eigenvalue weighted by Gasteiger charge is 2.32. The zero-order valence-electron chi connectivity index (χ0n) is 20.4. The van der Waals surface area contributed by atoms with Crippen LogP contribution in [0.15, 0.2) is 75.4 Å². The molecule has 0 spiro atoms. The van der Waals surface area contributed by atoms with Gasteiger partial charge in [0.25, 0.3) is 5.91 Å². The lowest BCUT2D eigenvalue weighted by Gasteiger charge is -2.34. The van der Waals surface area contributed by atoms with Gasteiger partial charge in [-0.1, -0.05) is 54.9 Å². The molecule has 196 valence electrons. The average molecular weight is 582 g/mol.